The van der Waals surface area contributed by atoms with E-state index in [1.54, 1.807) is 12.1 Å². The number of aromatic hydroxyl groups is 1. The third-order valence-corrected chi connectivity index (χ3v) is 5.64. The molecule has 23 heavy (non-hydrogen) atoms. The number of hydrogen-bond acceptors (Lipinski definition) is 3. The molecule has 6 heteroatoms. The predicted molar refractivity (Wildman–Crippen MR) is 90.9 cm³/mol. The topological polar surface area (TPSA) is 69.6 Å². The van der Waals surface area contributed by atoms with Crippen molar-refractivity contribution in [3.05, 3.63) is 59.7 Å². The van der Waals surface area contributed by atoms with Crippen molar-refractivity contribution in [2.24, 2.45) is 0 Å². The molecule has 1 saturated heterocycles. The van der Waals surface area contributed by atoms with Gasteiger partial charge in [-0.2, -0.15) is 13.1 Å². The normalized spacial score (nSPS) is 18.0. The Morgan fingerprint density at radius 3 is 2.57 bits per heavy atom. The number of rotatable bonds is 4. The highest BCUT2D eigenvalue weighted by atomic mass is 32.2. The Bertz CT molecular complexity index is 791. The SMILES string of the molecule is CC(Cc1ccc(N2CCNS2(=O)=O)c(O)c1)c1ccccc1. The van der Waals surface area contributed by atoms with Gasteiger partial charge in [0.2, 0.25) is 0 Å². The first kappa shape index (κ1) is 15.8. The summed E-state index contributed by atoms with van der Waals surface area (Å²) in [5.41, 5.74) is 2.54. The molecule has 1 unspecified atom stereocenters. The Balaban J connectivity index is 1.80. The molecule has 2 aromatic carbocycles. The first-order valence-electron chi connectivity index (χ1n) is 7.61. The number of hydrogen-bond donors (Lipinski definition) is 2. The lowest BCUT2D eigenvalue weighted by molar-refractivity contribution is 0.474. The Morgan fingerprint density at radius 1 is 1.22 bits per heavy atom. The zero-order chi connectivity index (χ0) is 16.4. The first-order valence-corrected chi connectivity index (χ1v) is 9.05. The zero-order valence-corrected chi connectivity index (χ0v) is 13.8. The number of nitrogens with zero attached hydrogens (tertiary/aromatic N) is 1. The van der Waals surface area contributed by atoms with Gasteiger partial charge in [-0.1, -0.05) is 43.3 Å². The molecule has 1 atom stereocenters. The molecule has 0 bridgehead atoms. The summed E-state index contributed by atoms with van der Waals surface area (Å²) >= 11 is 0. The molecular formula is C17H20N2O3S. The summed E-state index contributed by atoms with van der Waals surface area (Å²) in [5, 5.41) is 10.2. The van der Waals surface area contributed by atoms with Crippen molar-refractivity contribution in [1.82, 2.24) is 4.72 Å². The van der Waals surface area contributed by atoms with Crippen LogP contribution in [0.25, 0.3) is 0 Å². The van der Waals surface area contributed by atoms with Crippen molar-refractivity contribution in [3.8, 4) is 5.75 Å². The van der Waals surface area contributed by atoms with Gasteiger partial charge in [0, 0.05) is 13.1 Å². The number of phenols is 1. The van der Waals surface area contributed by atoms with Crippen LogP contribution in [-0.4, -0.2) is 26.6 Å². The molecular weight excluding hydrogens is 312 g/mol. The highest BCUT2D eigenvalue weighted by Crippen LogP contribution is 2.32. The van der Waals surface area contributed by atoms with Crippen molar-refractivity contribution < 1.29 is 13.5 Å². The van der Waals surface area contributed by atoms with Gasteiger partial charge >= 0.3 is 10.2 Å². The zero-order valence-electron chi connectivity index (χ0n) is 12.9. The monoisotopic (exact) mass is 332 g/mol. The molecule has 0 spiro atoms. The minimum absolute atomic E-state index is 0.00460. The van der Waals surface area contributed by atoms with Crippen LogP contribution in [0.15, 0.2) is 48.5 Å². The van der Waals surface area contributed by atoms with E-state index in [2.05, 4.69) is 23.8 Å². The molecule has 3 rings (SSSR count). The van der Waals surface area contributed by atoms with Crippen LogP contribution in [0.2, 0.25) is 0 Å². The van der Waals surface area contributed by atoms with Gasteiger partial charge < -0.3 is 5.11 Å². The molecule has 2 N–H and O–H groups in total. The molecule has 1 fully saturated rings. The Morgan fingerprint density at radius 2 is 1.96 bits per heavy atom. The third-order valence-electron chi connectivity index (χ3n) is 4.11. The van der Waals surface area contributed by atoms with Gasteiger partial charge in [0.15, 0.2) is 0 Å². The standard InChI is InChI=1S/C17H20N2O3S/c1-13(15-5-3-2-4-6-15)11-14-7-8-16(17(20)12-14)19-10-9-18-23(19,21)22/h2-8,12-13,18,20H,9-11H2,1H3. The van der Waals surface area contributed by atoms with E-state index in [4.69, 9.17) is 0 Å². The predicted octanol–water partition coefficient (Wildman–Crippen LogP) is 2.39. The Kier molecular flexibility index (Phi) is 4.28. The number of phenolic OH excluding ortho intramolecular Hbond substituents is 1. The van der Waals surface area contributed by atoms with Crippen LogP contribution in [0.4, 0.5) is 5.69 Å². The number of benzene rings is 2. The Labute approximate surface area is 136 Å². The molecule has 122 valence electrons. The van der Waals surface area contributed by atoms with Crippen LogP contribution in [-0.2, 0) is 16.6 Å². The summed E-state index contributed by atoms with van der Waals surface area (Å²) in [4.78, 5) is 0. The van der Waals surface area contributed by atoms with Crippen LogP contribution in [0, 0.1) is 0 Å². The van der Waals surface area contributed by atoms with Crippen molar-refractivity contribution >= 4 is 15.9 Å². The van der Waals surface area contributed by atoms with E-state index < -0.39 is 10.2 Å². The lowest BCUT2D eigenvalue weighted by atomic mass is 9.93. The molecule has 0 aliphatic carbocycles. The van der Waals surface area contributed by atoms with E-state index in [1.165, 1.54) is 9.87 Å². The van der Waals surface area contributed by atoms with Gasteiger partial charge in [0.1, 0.15) is 5.75 Å². The van der Waals surface area contributed by atoms with Crippen LogP contribution in [0.5, 0.6) is 5.75 Å². The molecule has 1 heterocycles. The summed E-state index contributed by atoms with van der Waals surface area (Å²) < 4.78 is 27.4. The molecule has 1 aliphatic rings. The van der Waals surface area contributed by atoms with Gasteiger partial charge in [-0.05, 0) is 35.6 Å². The summed E-state index contributed by atoms with van der Waals surface area (Å²) in [6, 6.07) is 15.4. The average Bonchev–Trinajstić information content (AvgIpc) is 2.87. The van der Waals surface area contributed by atoms with Gasteiger partial charge in [-0.3, -0.25) is 4.31 Å². The van der Waals surface area contributed by atoms with Gasteiger partial charge in [-0.15, -0.1) is 0 Å². The van der Waals surface area contributed by atoms with E-state index >= 15 is 0 Å². The summed E-state index contributed by atoms with van der Waals surface area (Å²) in [5.74, 6) is 0.314. The van der Waals surface area contributed by atoms with Gasteiger partial charge in [-0.25, -0.2) is 0 Å². The van der Waals surface area contributed by atoms with E-state index in [0.717, 1.165) is 12.0 Å². The minimum atomic E-state index is -3.52. The minimum Gasteiger partial charge on any atom is -0.506 e. The molecule has 0 aromatic heterocycles. The largest absolute Gasteiger partial charge is 0.506 e. The van der Waals surface area contributed by atoms with Crippen LogP contribution < -0.4 is 9.03 Å². The molecule has 1 aliphatic heterocycles. The molecule has 0 radical (unpaired) electrons. The molecule has 5 nitrogen and oxygen atoms in total. The fourth-order valence-corrected chi connectivity index (χ4v) is 4.13. The second-order valence-corrected chi connectivity index (χ2v) is 7.49. The van der Waals surface area contributed by atoms with Crippen molar-refractivity contribution in [1.29, 1.82) is 0 Å². The lowest BCUT2D eigenvalue weighted by Crippen LogP contribution is -2.29. The van der Waals surface area contributed by atoms with Crippen LogP contribution in [0.3, 0.4) is 0 Å². The lowest BCUT2D eigenvalue weighted by Gasteiger charge is -2.18. The maximum absolute atomic E-state index is 11.9. The van der Waals surface area contributed by atoms with Crippen molar-refractivity contribution in [2.75, 3.05) is 17.4 Å². The quantitative estimate of drug-likeness (QED) is 0.903. The second kappa shape index (κ2) is 6.22. The first-order chi connectivity index (χ1) is 11.0. The van der Waals surface area contributed by atoms with E-state index in [0.29, 0.717) is 24.7 Å². The van der Waals surface area contributed by atoms with E-state index in [9.17, 15) is 13.5 Å². The maximum Gasteiger partial charge on any atom is 0.301 e. The van der Waals surface area contributed by atoms with Crippen molar-refractivity contribution in [3.63, 3.8) is 0 Å². The summed E-state index contributed by atoms with van der Waals surface area (Å²) in [6.07, 6.45) is 0.781. The fraction of sp³-hybridized carbons (Fsp3) is 0.294. The van der Waals surface area contributed by atoms with E-state index in [-0.39, 0.29) is 5.75 Å². The number of nitrogens with one attached hydrogen (secondary N) is 1. The highest BCUT2D eigenvalue weighted by molar-refractivity contribution is 7.91. The van der Waals surface area contributed by atoms with Crippen LogP contribution >= 0.6 is 0 Å². The summed E-state index contributed by atoms with van der Waals surface area (Å²) in [6.45, 7) is 2.82. The number of anilines is 1. The fourth-order valence-electron chi connectivity index (χ4n) is 2.88. The van der Waals surface area contributed by atoms with E-state index in [1.807, 2.05) is 24.3 Å². The van der Waals surface area contributed by atoms with Gasteiger partial charge in [0.05, 0.1) is 5.69 Å². The second-order valence-electron chi connectivity index (χ2n) is 5.81. The van der Waals surface area contributed by atoms with Crippen molar-refractivity contribution in [2.45, 2.75) is 19.3 Å². The third kappa shape index (κ3) is 3.33. The van der Waals surface area contributed by atoms with Gasteiger partial charge in [0.25, 0.3) is 0 Å². The molecule has 0 amide bonds. The smallest absolute Gasteiger partial charge is 0.301 e. The average molecular weight is 332 g/mol. The summed E-state index contributed by atoms with van der Waals surface area (Å²) in [7, 11) is -3.52. The highest BCUT2D eigenvalue weighted by Gasteiger charge is 2.29. The maximum atomic E-state index is 11.9. The van der Waals surface area contributed by atoms with Crippen LogP contribution in [0.1, 0.15) is 24.0 Å². The molecule has 2 aromatic rings. The molecule has 0 saturated carbocycles. The Hall–Kier alpha value is -2.05.